The van der Waals surface area contributed by atoms with Crippen molar-refractivity contribution in [2.24, 2.45) is 0 Å². The Morgan fingerprint density at radius 2 is 1.88 bits per heavy atom. The minimum Gasteiger partial charge on any atom is -0.474 e. The van der Waals surface area contributed by atoms with E-state index < -0.39 is 11.9 Å². The number of piperidine rings is 1. The molecule has 2 fully saturated rings. The number of nitrogens with zero attached hydrogens (tertiary/aromatic N) is 1. The van der Waals surface area contributed by atoms with Gasteiger partial charge in [-0.1, -0.05) is 0 Å². The molecule has 0 radical (unpaired) electrons. The zero-order valence-electron chi connectivity index (χ0n) is 14.1. The van der Waals surface area contributed by atoms with Gasteiger partial charge in [-0.15, -0.1) is 0 Å². The molecule has 140 valence electrons. The topological polar surface area (TPSA) is 55.4 Å². The number of alkyl halides is 3. The molecule has 0 unspecified atom stereocenters. The molecule has 0 aliphatic carbocycles. The Labute approximate surface area is 145 Å². The third-order valence-corrected chi connectivity index (χ3v) is 4.54. The number of rotatable bonds is 5. The maximum Gasteiger partial charge on any atom is 0.433 e. The third kappa shape index (κ3) is 5.55. The molecule has 3 heterocycles. The van der Waals surface area contributed by atoms with E-state index in [2.05, 4.69) is 15.6 Å². The molecule has 0 aromatic carbocycles. The SMILES string of the molecule is FC(F)(F)c1cc(CNC2CCOCC2)cc(OC2CCNCC2)n1. The number of pyridine rings is 1. The maximum atomic E-state index is 13.2. The molecular weight excluding hydrogens is 335 g/mol. The van der Waals surface area contributed by atoms with Gasteiger partial charge in [-0.2, -0.15) is 13.2 Å². The van der Waals surface area contributed by atoms with Gasteiger partial charge in [0.1, 0.15) is 11.8 Å². The van der Waals surface area contributed by atoms with E-state index >= 15 is 0 Å². The molecule has 3 rings (SSSR count). The highest BCUT2D eigenvalue weighted by Crippen LogP contribution is 2.30. The van der Waals surface area contributed by atoms with Crippen molar-refractivity contribution in [2.45, 2.75) is 50.6 Å². The fourth-order valence-electron chi connectivity index (χ4n) is 3.11. The molecule has 0 amide bonds. The summed E-state index contributed by atoms with van der Waals surface area (Å²) in [6.07, 6.45) is -1.29. The lowest BCUT2D eigenvalue weighted by Gasteiger charge is -2.25. The standard InChI is InChI=1S/C17H24F3N3O2/c18-17(19,20)15-9-12(11-22-13-3-7-24-8-4-13)10-16(23-15)25-14-1-5-21-6-2-14/h9-10,13-14,21-22H,1-8,11H2. The second kappa shape index (κ2) is 8.33. The number of ether oxygens (including phenoxy) is 2. The van der Waals surface area contributed by atoms with Crippen LogP contribution in [0, 0.1) is 0 Å². The summed E-state index contributed by atoms with van der Waals surface area (Å²) in [5.41, 5.74) is -0.361. The Bertz CT molecular complexity index is 557. The highest BCUT2D eigenvalue weighted by molar-refractivity contribution is 5.27. The largest absolute Gasteiger partial charge is 0.474 e. The molecule has 1 aromatic heterocycles. The predicted octanol–water partition coefficient (Wildman–Crippen LogP) is 2.50. The van der Waals surface area contributed by atoms with Crippen LogP contribution >= 0.6 is 0 Å². The molecule has 2 aliphatic heterocycles. The lowest BCUT2D eigenvalue weighted by atomic mass is 10.1. The van der Waals surface area contributed by atoms with Gasteiger partial charge in [0.2, 0.25) is 5.88 Å². The second-order valence-corrected chi connectivity index (χ2v) is 6.53. The molecule has 2 aliphatic rings. The summed E-state index contributed by atoms with van der Waals surface area (Å²) in [7, 11) is 0. The summed E-state index contributed by atoms with van der Waals surface area (Å²) >= 11 is 0. The molecule has 0 atom stereocenters. The molecular formula is C17H24F3N3O2. The smallest absolute Gasteiger partial charge is 0.433 e. The second-order valence-electron chi connectivity index (χ2n) is 6.53. The summed E-state index contributed by atoms with van der Waals surface area (Å²) in [5.74, 6) is 0.0607. The van der Waals surface area contributed by atoms with Crippen LogP contribution in [0.5, 0.6) is 5.88 Å². The quantitative estimate of drug-likeness (QED) is 0.846. The number of hydrogen-bond acceptors (Lipinski definition) is 5. The van der Waals surface area contributed by atoms with Crippen LogP contribution in [0.3, 0.4) is 0 Å². The molecule has 8 heteroatoms. The maximum absolute atomic E-state index is 13.2. The van der Waals surface area contributed by atoms with E-state index in [0.29, 0.717) is 25.3 Å². The van der Waals surface area contributed by atoms with Gasteiger partial charge in [0.25, 0.3) is 0 Å². The highest BCUT2D eigenvalue weighted by atomic mass is 19.4. The van der Waals surface area contributed by atoms with Crippen molar-refractivity contribution in [3.05, 3.63) is 23.4 Å². The van der Waals surface area contributed by atoms with Gasteiger partial charge in [-0.05, 0) is 50.4 Å². The zero-order valence-corrected chi connectivity index (χ0v) is 14.1. The van der Waals surface area contributed by atoms with E-state index in [1.54, 1.807) is 6.07 Å². The third-order valence-electron chi connectivity index (χ3n) is 4.54. The van der Waals surface area contributed by atoms with Crippen LogP contribution in [0.4, 0.5) is 13.2 Å². The molecule has 25 heavy (non-hydrogen) atoms. The first-order valence-corrected chi connectivity index (χ1v) is 8.77. The number of hydrogen-bond donors (Lipinski definition) is 2. The van der Waals surface area contributed by atoms with Crippen LogP contribution in [0.25, 0.3) is 0 Å². The summed E-state index contributed by atoms with van der Waals surface area (Å²) in [4.78, 5) is 3.68. The Balaban J connectivity index is 1.70. The minimum absolute atomic E-state index is 0.0607. The van der Waals surface area contributed by atoms with E-state index in [0.717, 1.165) is 44.8 Å². The van der Waals surface area contributed by atoms with Crippen molar-refractivity contribution in [3.8, 4) is 5.88 Å². The van der Waals surface area contributed by atoms with Crippen LogP contribution in [0.1, 0.15) is 36.9 Å². The Morgan fingerprint density at radius 1 is 1.16 bits per heavy atom. The number of nitrogens with one attached hydrogen (secondary N) is 2. The summed E-state index contributed by atoms with van der Waals surface area (Å²) in [6.45, 7) is 3.35. The first kappa shape index (κ1) is 18.4. The summed E-state index contributed by atoms with van der Waals surface area (Å²) in [6, 6.07) is 2.98. The van der Waals surface area contributed by atoms with Crippen LogP contribution in [-0.2, 0) is 17.5 Å². The van der Waals surface area contributed by atoms with Gasteiger partial charge in [0.05, 0.1) is 0 Å². The van der Waals surface area contributed by atoms with Gasteiger partial charge in [-0.25, -0.2) is 4.98 Å². The van der Waals surface area contributed by atoms with Crippen LogP contribution < -0.4 is 15.4 Å². The Kier molecular flexibility index (Phi) is 6.14. The number of aromatic nitrogens is 1. The fraction of sp³-hybridized carbons (Fsp3) is 0.706. The van der Waals surface area contributed by atoms with Crippen LogP contribution in [0.15, 0.2) is 12.1 Å². The number of halogens is 3. The molecule has 0 saturated carbocycles. The van der Waals surface area contributed by atoms with Gasteiger partial charge in [0, 0.05) is 31.9 Å². The lowest BCUT2D eigenvalue weighted by molar-refractivity contribution is -0.141. The van der Waals surface area contributed by atoms with E-state index in [1.165, 1.54) is 0 Å². The van der Waals surface area contributed by atoms with Gasteiger partial charge >= 0.3 is 6.18 Å². The Morgan fingerprint density at radius 3 is 2.56 bits per heavy atom. The van der Waals surface area contributed by atoms with Crippen LogP contribution in [-0.4, -0.2) is 43.4 Å². The molecule has 0 bridgehead atoms. The van der Waals surface area contributed by atoms with Crippen molar-refractivity contribution in [1.82, 2.24) is 15.6 Å². The van der Waals surface area contributed by atoms with E-state index in [1.807, 2.05) is 0 Å². The predicted molar refractivity (Wildman–Crippen MR) is 86.4 cm³/mol. The first-order chi connectivity index (χ1) is 12.0. The molecule has 2 saturated heterocycles. The monoisotopic (exact) mass is 359 g/mol. The van der Waals surface area contributed by atoms with Crippen molar-refractivity contribution in [2.75, 3.05) is 26.3 Å². The van der Waals surface area contributed by atoms with E-state index in [-0.39, 0.29) is 18.0 Å². The highest BCUT2D eigenvalue weighted by Gasteiger charge is 2.33. The normalized spacial score (nSPS) is 20.6. The first-order valence-electron chi connectivity index (χ1n) is 8.77. The van der Waals surface area contributed by atoms with E-state index in [4.69, 9.17) is 9.47 Å². The van der Waals surface area contributed by atoms with Gasteiger partial charge in [-0.3, -0.25) is 0 Å². The van der Waals surface area contributed by atoms with Crippen molar-refractivity contribution in [1.29, 1.82) is 0 Å². The van der Waals surface area contributed by atoms with Crippen LogP contribution in [0.2, 0.25) is 0 Å². The zero-order chi connectivity index (χ0) is 17.7. The lowest BCUT2D eigenvalue weighted by Crippen LogP contribution is -2.35. The molecule has 2 N–H and O–H groups in total. The van der Waals surface area contributed by atoms with E-state index in [9.17, 15) is 13.2 Å². The van der Waals surface area contributed by atoms with Crippen molar-refractivity contribution >= 4 is 0 Å². The molecule has 0 spiro atoms. The fourth-order valence-corrected chi connectivity index (χ4v) is 3.11. The van der Waals surface area contributed by atoms with Gasteiger partial charge < -0.3 is 20.1 Å². The minimum atomic E-state index is -4.49. The average Bonchev–Trinajstić information content (AvgIpc) is 2.61. The molecule has 5 nitrogen and oxygen atoms in total. The van der Waals surface area contributed by atoms with Crippen molar-refractivity contribution in [3.63, 3.8) is 0 Å². The average molecular weight is 359 g/mol. The van der Waals surface area contributed by atoms with Gasteiger partial charge in [0.15, 0.2) is 0 Å². The van der Waals surface area contributed by atoms with Crippen molar-refractivity contribution < 1.29 is 22.6 Å². The summed E-state index contributed by atoms with van der Waals surface area (Å²) in [5, 5.41) is 6.51. The summed E-state index contributed by atoms with van der Waals surface area (Å²) < 4.78 is 50.5. The Hall–Kier alpha value is -1.38. The molecule has 1 aromatic rings.